The topological polar surface area (TPSA) is 72.8 Å². The summed E-state index contributed by atoms with van der Waals surface area (Å²) >= 11 is 0. The SMILES string of the molecule is CCCCC/C=C\C/C=C\CCCCCCCCCC(=O)O[C@@H](CO)COC(=O)CCCCCCCCCCCCCCC. The number of aliphatic hydroxyl groups excluding tert-OH is 1. The number of hydrogen-bond donors (Lipinski definition) is 1. The average molecular weight is 621 g/mol. The van der Waals surface area contributed by atoms with Crippen molar-refractivity contribution in [1.29, 1.82) is 0 Å². The van der Waals surface area contributed by atoms with Crippen molar-refractivity contribution in [1.82, 2.24) is 0 Å². The first-order valence-electron chi connectivity index (χ1n) is 18.9. The third-order valence-corrected chi connectivity index (χ3v) is 8.25. The van der Waals surface area contributed by atoms with Crippen molar-refractivity contribution in [2.24, 2.45) is 0 Å². The molecule has 0 saturated heterocycles. The van der Waals surface area contributed by atoms with E-state index in [-0.39, 0.29) is 25.2 Å². The predicted octanol–water partition coefficient (Wildman–Crippen LogP) is 11.5. The molecular weight excluding hydrogens is 548 g/mol. The number of allylic oxidation sites excluding steroid dienone is 4. The van der Waals surface area contributed by atoms with Gasteiger partial charge in [-0.1, -0.05) is 160 Å². The molecule has 0 unspecified atom stereocenters. The number of carbonyl (C=O) groups is 2. The fourth-order valence-corrected chi connectivity index (χ4v) is 5.35. The van der Waals surface area contributed by atoms with Crippen LogP contribution in [0.5, 0.6) is 0 Å². The summed E-state index contributed by atoms with van der Waals surface area (Å²) in [6, 6.07) is 0. The molecule has 0 heterocycles. The minimum absolute atomic E-state index is 0.0650. The van der Waals surface area contributed by atoms with E-state index in [1.165, 1.54) is 116 Å². The highest BCUT2D eigenvalue weighted by molar-refractivity contribution is 5.70. The van der Waals surface area contributed by atoms with Gasteiger partial charge in [0.05, 0.1) is 6.61 Å². The van der Waals surface area contributed by atoms with Gasteiger partial charge in [0, 0.05) is 12.8 Å². The highest BCUT2D eigenvalue weighted by atomic mass is 16.6. The lowest BCUT2D eigenvalue weighted by atomic mass is 10.0. The minimum atomic E-state index is -0.769. The summed E-state index contributed by atoms with van der Waals surface area (Å²) in [5.74, 6) is -0.594. The van der Waals surface area contributed by atoms with Crippen molar-refractivity contribution >= 4 is 11.9 Å². The third kappa shape index (κ3) is 33.3. The lowest BCUT2D eigenvalue weighted by Gasteiger charge is -2.15. The Bertz CT molecular complexity index is 671. The summed E-state index contributed by atoms with van der Waals surface area (Å²) in [7, 11) is 0. The van der Waals surface area contributed by atoms with Gasteiger partial charge in [-0.2, -0.15) is 0 Å². The minimum Gasteiger partial charge on any atom is -0.462 e. The van der Waals surface area contributed by atoms with E-state index in [1.54, 1.807) is 0 Å². The van der Waals surface area contributed by atoms with E-state index in [1.807, 2.05) is 0 Å². The van der Waals surface area contributed by atoms with Crippen LogP contribution in [-0.2, 0) is 19.1 Å². The van der Waals surface area contributed by atoms with Gasteiger partial charge in [0.1, 0.15) is 6.61 Å². The summed E-state index contributed by atoms with van der Waals surface area (Å²) in [5, 5.41) is 9.53. The van der Waals surface area contributed by atoms with Crippen LogP contribution >= 0.6 is 0 Å². The van der Waals surface area contributed by atoms with Crippen molar-refractivity contribution in [3.63, 3.8) is 0 Å². The van der Waals surface area contributed by atoms with E-state index >= 15 is 0 Å². The highest BCUT2D eigenvalue weighted by Gasteiger charge is 2.16. The molecule has 0 saturated carbocycles. The van der Waals surface area contributed by atoms with Crippen LogP contribution in [0.15, 0.2) is 24.3 Å². The van der Waals surface area contributed by atoms with E-state index in [2.05, 4.69) is 38.2 Å². The molecule has 0 aromatic rings. The molecular formula is C39H72O5. The molecule has 0 spiro atoms. The van der Waals surface area contributed by atoms with Crippen molar-refractivity contribution in [2.75, 3.05) is 13.2 Å². The molecule has 0 amide bonds. The molecule has 0 aliphatic rings. The molecule has 5 nitrogen and oxygen atoms in total. The Morgan fingerprint density at radius 1 is 0.523 bits per heavy atom. The number of ether oxygens (including phenoxy) is 2. The van der Waals surface area contributed by atoms with Crippen LogP contribution in [0.3, 0.4) is 0 Å². The third-order valence-electron chi connectivity index (χ3n) is 8.25. The zero-order chi connectivity index (χ0) is 32.2. The summed E-state index contributed by atoms with van der Waals surface area (Å²) < 4.78 is 10.6. The monoisotopic (exact) mass is 621 g/mol. The molecule has 0 aliphatic heterocycles. The molecule has 0 radical (unpaired) electrons. The molecule has 1 atom stereocenters. The summed E-state index contributed by atoms with van der Waals surface area (Å²) in [4.78, 5) is 24.2. The van der Waals surface area contributed by atoms with Crippen LogP contribution in [0.1, 0.15) is 194 Å². The fourth-order valence-electron chi connectivity index (χ4n) is 5.35. The van der Waals surface area contributed by atoms with Gasteiger partial charge in [0.15, 0.2) is 6.10 Å². The number of aliphatic hydroxyl groups is 1. The molecule has 258 valence electrons. The Labute approximate surface area is 273 Å². The van der Waals surface area contributed by atoms with E-state index in [0.717, 1.165) is 51.4 Å². The predicted molar refractivity (Wildman–Crippen MR) is 187 cm³/mol. The van der Waals surface area contributed by atoms with Gasteiger partial charge in [-0.25, -0.2) is 0 Å². The Morgan fingerprint density at radius 3 is 1.39 bits per heavy atom. The quantitative estimate of drug-likeness (QED) is 0.0440. The number of rotatable bonds is 34. The summed E-state index contributed by atoms with van der Waals surface area (Å²) in [5.41, 5.74) is 0. The second kappa shape index (κ2) is 35.9. The van der Waals surface area contributed by atoms with Crippen LogP contribution < -0.4 is 0 Å². The second-order valence-corrected chi connectivity index (χ2v) is 12.7. The first kappa shape index (κ1) is 42.4. The summed E-state index contributed by atoms with van der Waals surface area (Å²) in [6.07, 6.45) is 40.9. The van der Waals surface area contributed by atoms with Crippen molar-refractivity contribution in [3.8, 4) is 0 Å². The number of hydrogen-bond acceptors (Lipinski definition) is 5. The molecule has 1 N–H and O–H groups in total. The Morgan fingerprint density at radius 2 is 0.909 bits per heavy atom. The molecule has 0 aromatic carbocycles. The largest absolute Gasteiger partial charge is 0.462 e. The maximum atomic E-state index is 12.1. The average Bonchev–Trinajstić information content (AvgIpc) is 3.02. The van der Waals surface area contributed by atoms with Crippen LogP contribution in [0.2, 0.25) is 0 Å². The molecule has 0 rings (SSSR count). The van der Waals surface area contributed by atoms with Gasteiger partial charge in [-0.3, -0.25) is 9.59 Å². The first-order chi connectivity index (χ1) is 21.6. The molecule has 44 heavy (non-hydrogen) atoms. The number of esters is 2. The van der Waals surface area contributed by atoms with E-state index in [9.17, 15) is 14.7 Å². The van der Waals surface area contributed by atoms with Crippen molar-refractivity contribution in [2.45, 2.75) is 200 Å². The van der Waals surface area contributed by atoms with Crippen molar-refractivity contribution in [3.05, 3.63) is 24.3 Å². The molecule has 0 bridgehead atoms. The molecule has 5 heteroatoms. The van der Waals surface area contributed by atoms with E-state index < -0.39 is 6.10 Å². The molecule has 0 aromatic heterocycles. The van der Waals surface area contributed by atoms with E-state index in [4.69, 9.17) is 9.47 Å². The fraction of sp³-hybridized carbons (Fsp3) is 0.846. The van der Waals surface area contributed by atoms with Gasteiger partial charge < -0.3 is 14.6 Å². The Balaban J connectivity index is 3.56. The standard InChI is InChI=1S/C39H72O5/c1-3-5-7-9-11-13-15-17-18-19-20-22-24-26-28-30-32-34-39(42)44-37(35-40)36-43-38(41)33-31-29-27-25-23-21-16-14-12-10-8-6-4-2/h11,13,17-18,37,40H,3-10,12,14-16,19-36H2,1-2H3/b13-11-,18-17-/t37-/m0/s1. The second-order valence-electron chi connectivity index (χ2n) is 12.7. The van der Waals surface area contributed by atoms with Gasteiger partial charge in [-0.15, -0.1) is 0 Å². The Hall–Kier alpha value is -1.62. The molecule has 0 fully saturated rings. The maximum absolute atomic E-state index is 12.1. The van der Waals surface area contributed by atoms with Crippen LogP contribution in [0.4, 0.5) is 0 Å². The lowest BCUT2D eigenvalue weighted by molar-refractivity contribution is -0.161. The zero-order valence-corrected chi connectivity index (χ0v) is 29.2. The van der Waals surface area contributed by atoms with Crippen molar-refractivity contribution < 1.29 is 24.2 Å². The first-order valence-corrected chi connectivity index (χ1v) is 18.9. The van der Waals surface area contributed by atoms with Crippen LogP contribution in [0, 0.1) is 0 Å². The summed E-state index contributed by atoms with van der Waals surface area (Å²) in [6.45, 7) is 4.11. The lowest BCUT2D eigenvalue weighted by Crippen LogP contribution is -2.28. The van der Waals surface area contributed by atoms with Gasteiger partial charge >= 0.3 is 11.9 Å². The number of unbranched alkanes of at least 4 members (excludes halogenated alkanes) is 22. The molecule has 0 aliphatic carbocycles. The smallest absolute Gasteiger partial charge is 0.306 e. The normalized spacial score (nSPS) is 12.3. The van der Waals surface area contributed by atoms with Crippen LogP contribution in [-0.4, -0.2) is 36.4 Å². The zero-order valence-electron chi connectivity index (χ0n) is 29.2. The van der Waals surface area contributed by atoms with Gasteiger partial charge in [0.25, 0.3) is 0 Å². The van der Waals surface area contributed by atoms with Gasteiger partial charge in [-0.05, 0) is 44.9 Å². The Kier molecular flexibility index (Phi) is 34.5. The van der Waals surface area contributed by atoms with Gasteiger partial charge in [0.2, 0.25) is 0 Å². The number of carbonyl (C=O) groups excluding carboxylic acids is 2. The maximum Gasteiger partial charge on any atom is 0.306 e. The van der Waals surface area contributed by atoms with Crippen LogP contribution in [0.25, 0.3) is 0 Å². The van der Waals surface area contributed by atoms with E-state index in [0.29, 0.717) is 12.8 Å². The highest BCUT2D eigenvalue weighted by Crippen LogP contribution is 2.14.